The van der Waals surface area contributed by atoms with Gasteiger partial charge in [0.05, 0.1) is 5.57 Å². The molecule has 5 atom stereocenters. The Hall–Kier alpha value is -1.76. The van der Waals surface area contributed by atoms with Crippen LogP contribution < -0.4 is 0 Å². The first-order valence-electron chi connectivity index (χ1n) is 13.5. The molecule has 1 saturated carbocycles. The van der Waals surface area contributed by atoms with E-state index in [-0.39, 0.29) is 45.2 Å². The second kappa shape index (κ2) is 9.95. The average molecular weight is 486 g/mol. The molecule has 2 rings (SSSR count). The SMILES string of the molecule is CCC(C)(C)CC[C@](C)(F)CCC(C)(C)[C@]1(C)CC[C@H]2[C@H](C)C(=O)C(C#N)=C[C@]2(C)/C1=C/C(C)=O. The third-order valence-corrected chi connectivity index (χ3v) is 10.1. The van der Waals surface area contributed by atoms with Crippen LogP contribution in [0, 0.1) is 44.8 Å². The summed E-state index contributed by atoms with van der Waals surface area (Å²) in [5, 5.41) is 9.67. The van der Waals surface area contributed by atoms with Crippen LogP contribution in [0.4, 0.5) is 4.39 Å². The molecule has 0 aromatic rings. The van der Waals surface area contributed by atoms with E-state index < -0.39 is 11.1 Å². The molecular formula is C31H48FNO2. The number of halogens is 1. The quantitative estimate of drug-likeness (QED) is 0.308. The summed E-state index contributed by atoms with van der Waals surface area (Å²) in [6.07, 6.45) is 8.85. The van der Waals surface area contributed by atoms with Crippen molar-refractivity contribution in [3.63, 3.8) is 0 Å². The number of ketones is 2. The number of Topliss-reactive ketones (excluding diaryl/α,β-unsaturated/α-hetero) is 1. The van der Waals surface area contributed by atoms with Crippen molar-refractivity contribution in [1.29, 1.82) is 5.26 Å². The molecule has 0 aromatic carbocycles. The van der Waals surface area contributed by atoms with Gasteiger partial charge in [-0.3, -0.25) is 9.59 Å². The molecule has 0 amide bonds. The van der Waals surface area contributed by atoms with E-state index in [0.29, 0.717) is 19.3 Å². The maximum Gasteiger partial charge on any atom is 0.176 e. The molecule has 35 heavy (non-hydrogen) atoms. The Labute approximate surface area is 213 Å². The number of fused-ring (bicyclic) bond motifs is 1. The molecule has 0 N–H and O–H groups in total. The molecular weight excluding hydrogens is 437 g/mol. The largest absolute Gasteiger partial charge is 0.295 e. The Morgan fingerprint density at radius 3 is 2.26 bits per heavy atom. The Morgan fingerprint density at radius 2 is 1.74 bits per heavy atom. The fourth-order valence-electron chi connectivity index (χ4n) is 6.48. The summed E-state index contributed by atoms with van der Waals surface area (Å²) < 4.78 is 15.7. The number of hydrogen-bond acceptors (Lipinski definition) is 3. The minimum atomic E-state index is -1.24. The Balaban J connectivity index is 2.44. The van der Waals surface area contributed by atoms with Crippen LogP contribution in [0.3, 0.4) is 0 Å². The second-order valence-electron chi connectivity index (χ2n) is 13.6. The third-order valence-electron chi connectivity index (χ3n) is 10.1. The minimum absolute atomic E-state index is 0.0301. The van der Waals surface area contributed by atoms with E-state index in [0.717, 1.165) is 31.3 Å². The van der Waals surface area contributed by atoms with Gasteiger partial charge in [0.1, 0.15) is 11.7 Å². The number of allylic oxidation sites excluding steroid dienone is 4. The first-order chi connectivity index (χ1) is 15.9. The smallest absolute Gasteiger partial charge is 0.176 e. The maximum atomic E-state index is 15.7. The highest BCUT2D eigenvalue weighted by molar-refractivity contribution is 6.02. The van der Waals surface area contributed by atoms with E-state index in [4.69, 9.17) is 0 Å². The van der Waals surface area contributed by atoms with Gasteiger partial charge in [-0.15, -0.1) is 0 Å². The zero-order valence-electron chi connectivity index (χ0n) is 23.9. The summed E-state index contributed by atoms with van der Waals surface area (Å²) in [5.74, 6) is -0.344. The molecule has 1 fully saturated rings. The zero-order chi connectivity index (χ0) is 27.0. The number of carbonyl (C=O) groups is 2. The van der Waals surface area contributed by atoms with E-state index >= 15 is 4.39 Å². The van der Waals surface area contributed by atoms with Crippen molar-refractivity contribution >= 4 is 11.6 Å². The Bertz CT molecular complexity index is 948. The lowest BCUT2D eigenvalue weighted by molar-refractivity contribution is -0.123. The molecule has 2 aliphatic carbocycles. The summed E-state index contributed by atoms with van der Waals surface area (Å²) in [4.78, 5) is 25.3. The van der Waals surface area contributed by atoms with Gasteiger partial charge in [-0.2, -0.15) is 5.26 Å². The summed E-state index contributed by atoms with van der Waals surface area (Å²) in [5.41, 5.74) is -1.11. The van der Waals surface area contributed by atoms with Crippen LogP contribution in [0.25, 0.3) is 0 Å². The van der Waals surface area contributed by atoms with Crippen LogP contribution in [0.2, 0.25) is 0 Å². The first-order valence-corrected chi connectivity index (χ1v) is 13.5. The number of rotatable bonds is 9. The van der Waals surface area contributed by atoms with Crippen LogP contribution in [-0.2, 0) is 9.59 Å². The van der Waals surface area contributed by atoms with Gasteiger partial charge < -0.3 is 0 Å². The van der Waals surface area contributed by atoms with Crippen molar-refractivity contribution in [2.24, 2.45) is 33.5 Å². The Kier molecular flexibility index (Phi) is 8.38. The molecule has 2 aliphatic rings. The predicted octanol–water partition coefficient (Wildman–Crippen LogP) is 8.34. The number of hydrogen-bond donors (Lipinski definition) is 0. The van der Waals surface area contributed by atoms with Gasteiger partial charge >= 0.3 is 0 Å². The summed E-state index contributed by atoms with van der Waals surface area (Å²) >= 11 is 0. The highest BCUT2D eigenvalue weighted by Crippen LogP contribution is 2.65. The molecule has 3 nitrogen and oxygen atoms in total. The maximum absolute atomic E-state index is 15.7. The molecule has 0 aromatic heterocycles. The normalized spacial score (nSPS) is 32.5. The molecule has 196 valence electrons. The number of alkyl halides is 1. The zero-order valence-corrected chi connectivity index (χ0v) is 23.9. The van der Waals surface area contributed by atoms with E-state index in [1.165, 1.54) is 0 Å². The minimum Gasteiger partial charge on any atom is -0.295 e. The van der Waals surface area contributed by atoms with Crippen LogP contribution >= 0.6 is 0 Å². The van der Waals surface area contributed by atoms with Gasteiger partial charge in [-0.25, -0.2) is 4.39 Å². The van der Waals surface area contributed by atoms with Crippen molar-refractivity contribution in [2.75, 3.05) is 0 Å². The van der Waals surface area contributed by atoms with Gasteiger partial charge in [0.15, 0.2) is 11.6 Å². The molecule has 0 unspecified atom stereocenters. The highest BCUT2D eigenvalue weighted by Gasteiger charge is 2.58. The standard InChI is InChI=1S/C31H48FNO2/c1-11-27(4,5)14-16-29(8,32)17-15-28(6,7)31(10)13-12-24-22(3)26(35)23(20-33)19-30(24,9)25(31)18-21(2)34/h18-19,22,24H,11-17H2,1-10H3/b25-18-/t22-,24-,29-,30-,31+/m0/s1. The van der Waals surface area contributed by atoms with Crippen molar-refractivity contribution in [3.8, 4) is 6.07 Å². The summed E-state index contributed by atoms with van der Waals surface area (Å²) in [6, 6.07) is 2.11. The van der Waals surface area contributed by atoms with Crippen molar-refractivity contribution in [2.45, 2.75) is 120 Å². The Morgan fingerprint density at radius 1 is 1.17 bits per heavy atom. The molecule has 0 radical (unpaired) electrons. The van der Waals surface area contributed by atoms with Crippen LogP contribution in [0.15, 0.2) is 23.3 Å². The number of carbonyl (C=O) groups excluding carboxylic acids is 2. The molecule has 0 bridgehead atoms. The lowest BCUT2D eigenvalue weighted by atomic mass is 9.44. The third kappa shape index (κ3) is 5.81. The van der Waals surface area contributed by atoms with E-state index in [2.05, 4.69) is 54.5 Å². The van der Waals surface area contributed by atoms with Crippen molar-refractivity contribution in [3.05, 3.63) is 23.3 Å². The molecule has 0 spiro atoms. The van der Waals surface area contributed by atoms with Gasteiger partial charge in [-0.1, -0.05) is 73.5 Å². The molecule has 0 aliphatic heterocycles. The fourth-order valence-corrected chi connectivity index (χ4v) is 6.48. The highest BCUT2D eigenvalue weighted by atomic mass is 19.1. The summed E-state index contributed by atoms with van der Waals surface area (Å²) in [6.45, 7) is 20.5. The number of nitrogens with zero attached hydrogens (tertiary/aromatic N) is 1. The topological polar surface area (TPSA) is 57.9 Å². The molecule has 0 heterocycles. The lowest BCUT2D eigenvalue weighted by Gasteiger charge is -2.59. The molecule has 0 saturated heterocycles. The monoisotopic (exact) mass is 485 g/mol. The van der Waals surface area contributed by atoms with Crippen LogP contribution in [-0.4, -0.2) is 17.2 Å². The van der Waals surface area contributed by atoms with Crippen molar-refractivity contribution < 1.29 is 14.0 Å². The summed E-state index contributed by atoms with van der Waals surface area (Å²) in [7, 11) is 0. The average Bonchev–Trinajstić information content (AvgIpc) is 2.76. The van der Waals surface area contributed by atoms with E-state index in [1.807, 2.05) is 13.0 Å². The fraction of sp³-hybridized carbons (Fsp3) is 0.774. The lowest BCUT2D eigenvalue weighted by Crippen LogP contribution is -2.52. The van der Waals surface area contributed by atoms with Gasteiger partial charge in [0.25, 0.3) is 0 Å². The van der Waals surface area contributed by atoms with E-state index in [9.17, 15) is 14.9 Å². The van der Waals surface area contributed by atoms with Gasteiger partial charge in [0, 0.05) is 11.3 Å². The van der Waals surface area contributed by atoms with Crippen molar-refractivity contribution in [1.82, 2.24) is 0 Å². The van der Waals surface area contributed by atoms with Crippen LogP contribution in [0.5, 0.6) is 0 Å². The molecule has 4 heteroatoms. The predicted molar refractivity (Wildman–Crippen MR) is 141 cm³/mol. The first kappa shape index (κ1) is 29.5. The number of nitriles is 1. The van der Waals surface area contributed by atoms with E-state index in [1.54, 1.807) is 19.9 Å². The van der Waals surface area contributed by atoms with Gasteiger partial charge in [0.2, 0.25) is 0 Å². The van der Waals surface area contributed by atoms with Gasteiger partial charge in [-0.05, 0) is 80.6 Å². The van der Waals surface area contributed by atoms with Crippen LogP contribution in [0.1, 0.15) is 114 Å². The second-order valence-corrected chi connectivity index (χ2v) is 13.6.